The first kappa shape index (κ1) is 13.1. The number of likely N-dealkylation sites (tertiary alicyclic amines) is 1. The Morgan fingerprint density at radius 3 is 2.80 bits per heavy atom. The monoisotopic (exact) mass is 277 g/mol. The van der Waals surface area contributed by atoms with Gasteiger partial charge >= 0.3 is 5.97 Å². The van der Waals surface area contributed by atoms with Gasteiger partial charge in [0.25, 0.3) is 5.91 Å². The molecule has 1 amide bonds. The van der Waals surface area contributed by atoms with Crippen molar-refractivity contribution < 1.29 is 14.7 Å². The highest BCUT2D eigenvalue weighted by atomic mass is 16.4. The number of hydrogen-bond acceptors (Lipinski definition) is 3. The van der Waals surface area contributed by atoms with Crippen LogP contribution in [0.25, 0.3) is 0 Å². The Bertz CT molecular complexity index is 540. The second-order valence-corrected chi connectivity index (χ2v) is 5.80. The van der Waals surface area contributed by atoms with E-state index in [4.69, 9.17) is 0 Å². The van der Waals surface area contributed by atoms with Gasteiger partial charge in [-0.25, -0.2) is 9.78 Å². The molecule has 2 aliphatic rings. The van der Waals surface area contributed by atoms with E-state index in [1.807, 2.05) is 0 Å². The van der Waals surface area contributed by atoms with E-state index in [0.717, 1.165) is 25.7 Å². The van der Waals surface area contributed by atoms with Crippen molar-refractivity contribution in [2.24, 2.45) is 5.92 Å². The lowest BCUT2D eigenvalue weighted by Gasteiger charge is -2.32. The van der Waals surface area contributed by atoms with Crippen molar-refractivity contribution in [2.75, 3.05) is 0 Å². The minimum absolute atomic E-state index is 0.0703. The number of nitrogens with one attached hydrogen (secondary N) is 1. The summed E-state index contributed by atoms with van der Waals surface area (Å²) < 4.78 is 0. The van der Waals surface area contributed by atoms with Gasteiger partial charge in [-0.1, -0.05) is 12.8 Å². The van der Waals surface area contributed by atoms with Crippen molar-refractivity contribution in [2.45, 2.75) is 51.1 Å². The van der Waals surface area contributed by atoms with Gasteiger partial charge in [0, 0.05) is 6.04 Å². The van der Waals surface area contributed by atoms with Gasteiger partial charge in [-0.05, 0) is 32.1 Å². The molecule has 2 heterocycles. The average molecular weight is 277 g/mol. The van der Waals surface area contributed by atoms with Crippen LogP contribution in [-0.4, -0.2) is 43.9 Å². The molecular formula is C14H19N3O3. The molecule has 108 valence electrons. The zero-order valence-corrected chi connectivity index (χ0v) is 11.5. The molecule has 1 aromatic heterocycles. The van der Waals surface area contributed by atoms with Gasteiger partial charge in [0.15, 0.2) is 0 Å². The molecule has 6 nitrogen and oxygen atoms in total. The van der Waals surface area contributed by atoms with E-state index >= 15 is 0 Å². The minimum atomic E-state index is -0.899. The highest BCUT2D eigenvalue weighted by molar-refractivity contribution is 5.95. The van der Waals surface area contributed by atoms with Crippen molar-refractivity contribution in [1.29, 1.82) is 0 Å². The zero-order chi connectivity index (χ0) is 14.3. The molecule has 2 N–H and O–H groups in total. The number of aromatic amines is 1. The standard InChI is InChI=1S/C14H19N3O3/c1-8-15-7-10(16-8)13(18)17-11-5-3-2-4-9(11)6-12(17)14(19)20/h7,9,11-12H,2-6H2,1H3,(H,15,16)(H,19,20). The van der Waals surface area contributed by atoms with Gasteiger partial charge < -0.3 is 15.0 Å². The summed E-state index contributed by atoms with van der Waals surface area (Å²) in [6.45, 7) is 1.78. The van der Waals surface area contributed by atoms with Crippen molar-refractivity contribution in [3.05, 3.63) is 17.7 Å². The third-order valence-corrected chi connectivity index (χ3v) is 4.54. The molecule has 0 bridgehead atoms. The Balaban J connectivity index is 1.90. The molecule has 2 fully saturated rings. The molecule has 3 unspecified atom stereocenters. The molecule has 1 aromatic rings. The number of fused-ring (bicyclic) bond motifs is 1. The Kier molecular flexibility index (Phi) is 3.23. The Morgan fingerprint density at radius 1 is 1.40 bits per heavy atom. The topological polar surface area (TPSA) is 86.3 Å². The second-order valence-electron chi connectivity index (χ2n) is 5.80. The molecule has 1 saturated heterocycles. The van der Waals surface area contributed by atoms with Crippen LogP contribution in [-0.2, 0) is 4.79 Å². The normalized spacial score (nSPS) is 29.2. The van der Waals surface area contributed by atoms with Crippen LogP contribution in [0.3, 0.4) is 0 Å². The summed E-state index contributed by atoms with van der Waals surface area (Å²) in [5.41, 5.74) is 0.389. The summed E-state index contributed by atoms with van der Waals surface area (Å²) in [5, 5.41) is 9.41. The van der Waals surface area contributed by atoms with Gasteiger partial charge in [0.05, 0.1) is 6.20 Å². The minimum Gasteiger partial charge on any atom is -0.480 e. The number of carbonyl (C=O) groups excluding carboxylic acids is 1. The van der Waals surface area contributed by atoms with E-state index < -0.39 is 12.0 Å². The first-order valence-corrected chi connectivity index (χ1v) is 7.15. The predicted molar refractivity (Wildman–Crippen MR) is 71.3 cm³/mol. The number of carbonyl (C=O) groups is 2. The fourth-order valence-corrected chi connectivity index (χ4v) is 3.64. The number of imidazole rings is 1. The Hall–Kier alpha value is -1.85. The molecule has 6 heteroatoms. The SMILES string of the molecule is Cc1ncc(C(=O)N2C(C(=O)O)CC3CCCCC32)[nH]1. The van der Waals surface area contributed by atoms with Crippen LogP contribution in [0.2, 0.25) is 0 Å². The van der Waals surface area contributed by atoms with Gasteiger partial charge in [-0.2, -0.15) is 0 Å². The van der Waals surface area contributed by atoms with Gasteiger partial charge in [-0.15, -0.1) is 0 Å². The largest absolute Gasteiger partial charge is 0.480 e. The Morgan fingerprint density at radius 2 is 2.15 bits per heavy atom. The zero-order valence-electron chi connectivity index (χ0n) is 11.5. The maximum Gasteiger partial charge on any atom is 0.326 e. The maximum absolute atomic E-state index is 12.6. The average Bonchev–Trinajstić information content (AvgIpc) is 3.01. The third kappa shape index (κ3) is 2.09. The summed E-state index contributed by atoms with van der Waals surface area (Å²) >= 11 is 0. The van der Waals surface area contributed by atoms with Crippen LogP contribution in [0.5, 0.6) is 0 Å². The fourth-order valence-electron chi connectivity index (χ4n) is 3.64. The van der Waals surface area contributed by atoms with Gasteiger partial charge in [-0.3, -0.25) is 4.79 Å². The number of aliphatic carboxylic acids is 1. The van der Waals surface area contributed by atoms with E-state index in [1.165, 1.54) is 6.20 Å². The predicted octanol–water partition coefficient (Wildman–Crippen LogP) is 1.58. The van der Waals surface area contributed by atoms with Crippen LogP contribution in [0.4, 0.5) is 0 Å². The number of H-pyrrole nitrogens is 1. The van der Waals surface area contributed by atoms with Crippen LogP contribution in [0, 0.1) is 12.8 Å². The quantitative estimate of drug-likeness (QED) is 0.859. The number of hydrogen-bond donors (Lipinski definition) is 2. The number of rotatable bonds is 2. The maximum atomic E-state index is 12.6. The van der Waals surface area contributed by atoms with Crippen molar-refractivity contribution in [3.8, 4) is 0 Å². The van der Waals surface area contributed by atoms with Gasteiger partial charge in [0.1, 0.15) is 17.6 Å². The van der Waals surface area contributed by atoms with Crippen LogP contribution < -0.4 is 0 Å². The summed E-state index contributed by atoms with van der Waals surface area (Å²) in [7, 11) is 0. The smallest absolute Gasteiger partial charge is 0.326 e. The summed E-state index contributed by atoms with van der Waals surface area (Å²) in [6, 6.07) is -0.625. The lowest BCUT2D eigenvalue weighted by Crippen LogP contribution is -2.46. The number of amides is 1. The molecule has 0 spiro atoms. The molecule has 1 aliphatic carbocycles. The molecule has 3 atom stereocenters. The first-order chi connectivity index (χ1) is 9.58. The third-order valence-electron chi connectivity index (χ3n) is 4.54. The number of carboxylic acids is 1. The fraction of sp³-hybridized carbons (Fsp3) is 0.643. The van der Waals surface area contributed by atoms with Gasteiger partial charge in [0.2, 0.25) is 0 Å². The van der Waals surface area contributed by atoms with Crippen LogP contribution in [0.15, 0.2) is 6.20 Å². The highest BCUT2D eigenvalue weighted by Crippen LogP contribution is 2.40. The lowest BCUT2D eigenvalue weighted by molar-refractivity contribution is -0.141. The van der Waals surface area contributed by atoms with E-state index in [-0.39, 0.29) is 11.9 Å². The van der Waals surface area contributed by atoms with E-state index in [0.29, 0.717) is 23.9 Å². The molecular weight excluding hydrogens is 258 g/mol. The Labute approximate surface area is 117 Å². The van der Waals surface area contributed by atoms with E-state index in [9.17, 15) is 14.7 Å². The molecule has 1 saturated carbocycles. The molecule has 1 aliphatic heterocycles. The van der Waals surface area contributed by atoms with E-state index in [1.54, 1.807) is 11.8 Å². The molecule has 0 radical (unpaired) electrons. The molecule has 20 heavy (non-hydrogen) atoms. The second kappa shape index (κ2) is 4.92. The summed E-state index contributed by atoms with van der Waals surface area (Å²) in [6.07, 6.45) is 6.22. The number of nitrogens with zero attached hydrogens (tertiary/aromatic N) is 2. The van der Waals surface area contributed by atoms with Crippen LogP contribution in [0.1, 0.15) is 48.4 Å². The number of aromatic nitrogens is 2. The lowest BCUT2D eigenvalue weighted by atomic mass is 9.84. The summed E-state index contributed by atoms with van der Waals surface area (Å²) in [4.78, 5) is 32.6. The van der Waals surface area contributed by atoms with Crippen molar-refractivity contribution in [1.82, 2.24) is 14.9 Å². The summed E-state index contributed by atoms with van der Waals surface area (Å²) in [5.74, 6) is -0.131. The molecule has 0 aromatic carbocycles. The van der Waals surface area contributed by atoms with E-state index in [2.05, 4.69) is 9.97 Å². The highest BCUT2D eigenvalue weighted by Gasteiger charge is 2.47. The molecule has 3 rings (SSSR count). The van der Waals surface area contributed by atoms with Crippen molar-refractivity contribution >= 4 is 11.9 Å². The number of carboxylic acid groups (broad SMARTS) is 1. The van der Waals surface area contributed by atoms with Crippen molar-refractivity contribution in [3.63, 3.8) is 0 Å². The first-order valence-electron chi connectivity index (χ1n) is 7.15. The van der Waals surface area contributed by atoms with Crippen LogP contribution >= 0.6 is 0 Å². The number of aryl methyl sites for hydroxylation is 1.